The largest absolute Gasteiger partial charge is 0.374 e. The minimum atomic E-state index is 0.0873. The number of fused-ring (bicyclic) bond motifs is 1. The Labute approximate surface area is 147 Å². The van der Waals surface area contributed by atoms with Crippen LogP contribution in [0.15, 0.2) is 36.9 Å². The van der Waals surface area contributed by atoms with E-state index < -0.39 is 0 Å². The van der Waals surface area contributed by atoms with Crippen molar-refractivity contribution in [3.63, 3.8) is 0 Å². The molecule has 2 fully saturated rings. The molecule has 132 valence electrons. The third kappa shape index (κ3) is 3.29. The van der Waals surface area contributed by atoms with E-state index in [1.54, 1.807) is 11.0 Å². The summed E-state index contributed by atoms with van der Waals surface area (Å²) >= 11 is 0. The van der Waals surface area contributed by atoms with E-state index in [-0.39, 0.29) is 18.1 Å². The second kappa shape index (κ2) is 6.93. The fraction of sp³-hybridized carbons (Fsp3) is 0.500. The van der Waals surface area contributed by atoms with Gasteiger partial charge in [-0.15, -0.1) is 0 Å². The first-order valence-electron chi connectivity index (χ1n) is 8.74. The van der Waals surface area contributed by atoms with Crippen LogP contribution in [0.3, 0.4) is 0 Å². The van der Waals surface area contributed by atoms with Gasteiger partial charge in [0.1, 0.15) is 12.7 Å². The molecule has 2 atom stereocenters. The molecule has 2 aliphatic rings. The van der Waals surface area contributed by atoms with Gasteiger partial charge < -0.3 is 14.5 Å². The number of likely N-dealkylation sites (tertiary alicyclic amines) is 1. The Hall–Kier alpha value is -2.25. The zero-order chi connectivity index (χ0) is 17.2. The van der Waals surface area contributed by atoms with E-state index in [0.29, 0.717) is 19.7 Å². The number of ether oxygens (including phenoxy) is 1. The Morgan fingerprint density at radius 2 is 2.20 bits per heavy atom. The van der Waals surface area contributed by atoms with Gasteiger partial charge in [-0.2, -0.15) is 5.10 Å². The maximum Gasteiger partial charge on any atom is 0.254 e. The Kier molecular flexibility index (Phi) is 4.50. The van der Waals surface area contributed by atoms with E-state index in [2.05, 4.69) is 22.0 Å². The first-order valence-corrected chi connectivity index (χ1v) is 8.74. The van der Waals surface area contributed by atoms with Crippen molar-refractivity contribution >= 4 is 5.91 Å². The first kappa shape index (κ1) is 16.2. The van der Waals surface area contributed by atoms with Crippen LogP contribution in [-0.4, -0.2) is 75.9 Å². The number of rotatable bonds is 3. The van der Waals surface area contributed by atoms with Crippen molar-refractivity contribution in [2.24, 2.45) is 0 Å². The lowest BCUT2D eigenvalue weighted by atomic mass is 9.97. The quantitative estimate of drug-likeness (QED) is 0.829. The normalized spacial score (nSPS) is 24.1. The molecule has 0 N–H and O–H groups in total. The molecule has 0 saturated carbocycles. The summed E-state index contributed by atoms with van der Waals surface area (Å²) in [7, 11) is 2.10. The predicted octanol–water partition coefficient (Wildman–Crippen LogP) is 0.871. The molecule has 1 aromatic heterocycles. The maximum atomic E-state index is 13.3. The lowest BCUT2D eigenvalue weighted by molar-refractivity contribution is -0.0870. The lowest BCUT2D eigenvalue weighted by Gasteiger charge is -2.46. The highest BCUT2D eigenvalue weighted by Crippen LogP contribution is 2.25. The molecular weight excluding hydrogens is 318 g/mol. The topological polar surface area (TPSA) is 63.5 Å². The van der Waals surface area contributed by atoms with Gasteiger partial charge in [-0.25, -0.2) is 9.67 Å². The monoisotopic (exact) mass is 341 g/mol. The van der Waals surface area contributed by atoms with Gasteiger partial charge in [-0.05, 0) is 25.1 Å². The van der Waals surface area contributed by atoms with Gasteiger partial charge in [0.15, 0.2) is 0 Å². The number of hydrogen-bond donors (Lipinski definition) is 0. The van der Waals surface area contributed by atoms with Crippen molar-refractivity contribution in [1.29, 1.82) is 0 Å². The molecular formula is C18H23N5O2. The Morgan fingerprint density at radius 3 is 3.04 bits per heavy atom. The number of aromatic nitrogens is 3. The fourth-order valence-corrected chi connectivity index (χ4v) is 3.79. The van der Waals surface area contributed by atoms with Crippen molar-refractivity contribution in [1.82, 2.24) is 24.6 Å². The highest BCUT2D eigenvalue weighted by atomic mass is 16.5. The molecule has 2 saturated heterocycles. The number of amides is 1. The smallest absolute Gasteiger partial charge is 0.254 e. The number of benzene rings is 1. The summed E-state index contributed by atoms with van der Waals surface area (Å²) in [5, 5.41) is 4.15. The minimum Gasteiger partial charge on any atom is -0.374 e. The maximum absolute atomic E-state index is 13.3. The molecule has 3 heterocycles. The van der Waals surface area contributed by atoms with E-state index in [1.807, 2.05) is 29.2 Å². The molecule has 0 aliphatic carbocycles. The van der Waals surface area contributed by atoms with Gasteiger partial charge >= 0.3 is 0 Å². The molecule has 2 aliphatic heterocycles. The van der Waals surface area contributed by atoms with Gasteiger partial charge in [0.05, 0.1) is 25.3 Å². The Bertz CT molecular complexity index is 733. The first-order chi connectivity index (χ1) is 12.2. The van der Waals surface area contributed by atoms with Crippen LogP contribution in [0.2, 0.25) is 0 Å². The summed E-state index contributed by atoms with van der Waals surface area (Å²) in [6.45, 7) is 3.68. The third-order valence-electron chi connectivity index (χ3n) is 5.10. The number of likely N-dealkylation sites (N-methyl/N-ethyl adjacent to an activating group) is 1. The van der Waals surface area contributed by atoms with Crippen LogP contribution < -0.4 is 0 Å². The number of hydrogen-bond acceptors (Lipinski definition) is 5. The SMILES string of the molecule is CN1CC[C@H]2OCCN(C(=O)c3ccccc3Cn3cncn3)[C@H]2C1. The second-order valence-corrected chi connectivity index (χ2v) is 6.78. The lowest BCUT2D eigenvalue weighted by Crippen LogP contribution is -2.60. The molecule has 0 spiro atoms. The molecule has 1 amide bonds. The van der Waals surface area contributed by atoms with E-state index in [4.69, 9.17) is 4.74 Å². The summed E-state index contributed by atoms with van der Waals surface area (Å²) in [5.41, 5.74) is 1.71. The number of carbonyl (C=O) groups excluding carboxylic acids is 1. The van der Waals surface area contributed by atoms with Gasteiger partial charge in [0.2, 0.25) is 0 Å². The number of morpholine rings is 1. The van der Waals surface area contributed by atoms with Crippen molar-refractivity contribution < 1.29 is 9.53 Å². The van der Waals surface area contributed by atoms with E-state index in [1.165, 1.54) is 6.33 Å². The molecule has 4 rings (SSSR count). The summed E-state index contributed by atoms with van der Waals surface area (Å²) in [5.74, 6) is 0.0873. The zero-order valence-electron chi connectivity index (χ0n) is 14.4. The average Bonchev–Trinajstić information content (AvgIpc) is 3.14. The number of carbonyl (C=O) groups is 1. The van der Waals surface area contributed by atoms with Crippen molar-refractivity contribution in [2.75, 3.05) is 33.3 Å². The third-order valence-corrected chi connectivity index (χ3v) is 5.10. The molecule has 0 bridgehead atoms. The minimum absolute atomic E-state index is 0.0873. The molecule has 0 unspecified atom stereocenters. The molecule has 2 aromatic rings. The van der Waals surface area contributed by atoms with Crippen molar-refractivity contribution in [3.05, 3.63) is 48.0 Å². The van der Waals surface area contributed by atoms with Gasteiger partial charge in [-0.3, -0.25) is 4.79 Å². The van der Waals surface area contributed by atoms with Crippen LogP contribution >= 0.6 is 0 Å². The second-order valence-electron chi connectivity index (χ2n) is 6.78. The summed E-state index contributed by atoms with van der Waals surface area (Å²) in [6, 6.07) is 7.90. The molecule has 1 aromatic carbocycles. The fourth-order valence-electron chi connectivity index (χ4n) is 3.79. The molecule has 7 heteroatoms. The molecule has 0 radical (unpaired) electrons. The number of nitrogens with zero attached hydrogens (tertiary/aromatic N) is 5. The van der Waals surface area contributed by atoms with Crippen LogP contribution in [0, 0.1) is 0 Å². The number of piperidine rings is 1. The van der Waals surface area contributed by atoms with Crippen LogP contribution in [0.25, 0.3) is 0 Å². The Balaban J connectivity index is 1.59. The van der Waals surface area contributed by atoms with Gasteiger partial charge in [0.25, 0.3) is 5.91 Å². The Morgan fingerprint density at radius 1 is 1.32 bits per heavy atom. The average molecular weight is 341 g/mol. The summed E-state index contributed by atoms with van der Waals surface area (Å²) in [6.07, 6.45) is 4.30. The van der Waals surface area contributed by atoms with E-state index >= 15 is 0 Å². The van der Waals surface area contributed by atoms with Crippen molar-refractivity contribution in [3.8, 4) is 0 Å². The van der Waals surface area contributed by atoms with Crippen LogP contribution in [0.1, 0.15) is 22.3 Å². The van der Waals surface area contributed by atoms with Gasteiger partial charge in [-0.1, -0.05) is 18.2 Å². The van der Waals surface area contributed by atoms with E-state index in [0.717, 1.165) is 30.6 Å². The molecule has 7 nitrogen and oxygen atoms in total. The van der Waals surface area contributed by atoms with Crippen molar-refractivity contribution in [2.45, 2.75) is 25.1 Å². The highest BCUT2D eigenvalue weighted by molar-refractivity contribution is 5.96. The molecule has 25 heavy (non-hydrogen) atoms. The van der Waals surface area contributed by atoms with Gasteiger partial charge in [0, 0.05) is 25.2 Å². The predicted molar refractivity (Wildman–Crippen MR) is 92.2 cm³/mol. The van der Waals surface area contributed by atoms with E-state index in [9.17, 15) is 4.79 Å². The van der Waals surface area contributed by atoms with Crippen LogP contribution in [0.4, 0.5) is 0 Å². The standard InChI is InChI=1S/C18H23N5O2/c1-21-7-6-17-16(11-21)23(8-9-25-17)18(24)15-5-3-2-4-14(15)10-22-13-19-12-20-22/h2-5,12-13,16-17H,6-11H2,1H3/t16-,17+/m0/s1. The van der Waals surface area contributed by atoms with Crippen LogP contribution in [-0.2, 0) is 11.3 Å². The van der Waals surface area contributed by atoms with Crippen LogP contribution in [0.5, 0.6) is 0 Å². The summed E-state index contributed by atoms with van der Waals surface area (Å²) < 4.78 is 7.66. The summed E-state index contributed by atoms with van der Waals surface area (Å²) in [4.78, 5) is 21.6. The zero-order valence-corrected chi connectivity index (χ0v) is 14.4. The highest BCUT2D eigenvalue weighted by Gasteiger charge is 2.38.